The van der Waals surface area contributed by atoms with Crippen LogP contribution in [0.5, 0.6) is 0 Å². The van der Waals surface area contributed by atoms with Gasteiger partial charge >= 0.3 is 5.97 Å². The standard InChI is InChI=1S/C21H20N2O3/c1-12-7-8-15(16(9-12)20(25)26-3)17-11-22-23-21(17)10-14-6-4-5-13(2)18(14)19(21)24/h4-9,17H,10-11H2,1-3H3/t17-,21+/m1/s1. The first kappa shape index (κ1) is 16.6. The summed E-state index contributed by atoms with van der Waals surface area (Å²) < 4.78 is 4.97. The number of rotatable bonds is 2. The minimum atomic E-state index is -0.952. The van der Waals surface area contributed by atoms with E-state index in [9.17, 15) is 9.59 Å². The first-order chi connectivity index (χ1) is 12.5. The minimum absolute atomic E-state index is 0.00763. The van der Waals surface area contributed by atoms with Crippen LogP contribution in [0.2, 0.25) is 0 Å². The van der Waals surface area contributed by atoms with Gasteiger partial charge in [0.2, 0.25) is 0 Å². The van der Waals surface area contributed by atoms with Gasteiger partial charge < -0.3 is 4.74 Å². The minimum Gasteiger partial charge on any atom is -0.465 e. The monoisotopic (exact) mass is 348 g/mol. The molecule has 2 aromatic rings. The maximum absolute atomic E-state index is 13.4. The highest BCUT2D eigenvalue weighted by atomic mass is 16.5. The summed E-state index contributed by atoms with van der Waals surface area (Å²) in [6.07, 6.45) is 0.519. The Morgan fingerprint density at radius 2 is 2.04 bits per heavy atom. The summed E-state index contributed by atoms with van der Waals surface area (Å²) in [4.78, 5) is 25.7. The van der Waals surface area contributed by atoms with E-state index in [4.69, 9.17) is 4.74 Å². The van der Waals surface area contributed by atoms with Crippen molar-refractivity contribution in [1.82, 2.24) is 0 Å². The fraction of sp³-hybridized carbons (Fsp3) is 0.333. The number of ether oxygens (including phenoxy) is 1. The van der Waals surface area contributed by atoms with E-state index in [1.807, 2.05) is 50.2 Å². The Morgan fingerprint density at radius 3 is 2.77 bits per heavy atom. The summed E-state index contributed by atoms with van der Waals surface area (Å²) in [7, 11) is 1.37. The van der Waals surface area contributed by atoms with E-state index < -0.39 is 11.5 Å². The van der Waals surface area contributed by atoms with Crippen molar-refractivity contribution in [3.05, 3.63) is 69.8 Å². The summed E-state index contributed by atoms with van der Waals surface area (Å²) in [6, 6.07) is 11.6. The van der Waals surface area contributed by atoms with Crippen LogP contribution in [0, 0.1) is 13.8 Å². The fourth-order valence-corrected chi connectivity index (χ4v) is 4.24. The number of carbonyl (C=O) groups excluding carboxylic acids is 2. The van der Waals surface area contributed by atoms with Crippen molar-refractivity contribution in [3.8, 4) is 0 Å². The molecule has 0 saturated heterocycles. The van der Waals surface area contributed by atoms with Crippen LogP contribution in [0.3, 0.4) is 0 Å². The lowest BCUT2D eigenvalue weighted by Gasteiger charge is -2.27. The van der Waals surface area contributed by atoms with Crippen molar-refractivity contribution < 1.29 is 14.3 Å². The molecule has 0 N–H and O–H groups in total. The largest absolute Gasteiger partial charge is 0.465 e. The van der Waals surface area contributed by atoms with E-state index in [1.54, 1.807) is 0 Å². The molecule has 26 heavy (non-hydrogen) atoms. The average Bonchev–Trinajstić information content (AvgIpc) is 3.17. The Kier molecular flexibility index (Phi) is 3.75. The van der Waals surface area contributed by atoms with Crippen LogP contribution in [0.4, 0.5) is 0 Å². The van der Waals surface area contributed by atoms with Gasteiger partial charge in [-0.15, -0.1) is 0 Å². The van der Waals surface area contributed by atoms with E-state index in [2.05, 4.69) is 10.2 Å². The van der Waals surface area contributed by atoms with Gasteiger partial charge in [-0.3, -0.25) is 4.79 Å². The highest BCUT2D eigenvalue weighted by molar-refractivity contribution is 6.10. The van der Waals surface area contributed by atoms with Crippen molar-refractivity contribution in [1.29, 1.82) is 0 Å². The molecule has 0 bridgehead atoms. The lowest BCUT2D eigenvalue weighted by molar-refractivity contribution is 0.0597. The van der Waals surface area contributed by atoms with E-state index in [-0.39, 0.29) is 11.7 Å². The molecule has 0 fully saturated rings. The van der Waals surface area contributed by atoms with Crippen molar-refractivity contribution in [2.75, 3.05) is 13.7 Å². The quantitative estimate of drug-likeness (QED) is 0.775. The molecule has 2 atom stereocenters. The number of azo groups is 1. The van der Waals surface area contributed by atoms with Gasteiger partial charge in [0.1, 0.15) is 0 Å². The number of Topliss-reactive ketones (excluding diaryl/α,β-unsaturated/α-hetero) is 1. The predicted octanol–water partition coefficient (Wildman–Crippen LogP) is 3.82. The Morgan fingerprint density at radius 1 is 1.23 bits per heavy atom. The summed E-state index contributed by atoms with van der Waals surface area (Å²) in [5.74, 6) is -0.658. The number of ketones is 1. The van der Waals surface area contributed by atoms with Gasteiger partial charge in [-0.2, -0.15) is 10.2 Å². The third-order valence-electron chi connectivity index (χ3n) is 5.52. The number of fused-ring (bicyclic) bond motifs is 1. The lowest BCUT2D eigenvalue weighted by Crippen LogP contribution is -2.39. The molecule has 0 unspecified atom stereocenters. The molecule has 132 valence electrons. The zero-order valence-electron chi connectivity index (χ0n) is 15.1. The van der Waals surface area contributed by atoms with Crippen LogP contribution in [0.25, 0.3) is 0 Å². The molecule has 0 aromatic heterocycles. The van der Waals surface area contributed by atoms with E-state index in [1.165, 1.54) is 7.11 Å². The van der Waals surface area contributed by atoms with E-state index >= 15 is 0 Å². The van der Waals surface area contributed by atoms with Crippen molar-refractivity contribution in [2.24, 2.45) is 10.2 Å². The molecule has 5 heteroatoms. The molecule has 0 amide bonds. The van der Waals surface area contributed by atoms with Gasteiger partial charge in [-0.1, -0.05) is 35.9 Å². The molecule has 1 spiro atoms. The zero-order chi connectivity index (χ0) is 18.5. The summed E-state index contributed by atoms with van der Waals surface area (Å²) in [5.41, 5.74) is 4.01. The molecule has 2 aliphatic rings. The first-order valence-corrected chi connectivity index (χ1v) is 8.69. The third-order valence-corrected chi connectivity index (χ3v) is 5.52. The maximum Gasteiger partial charge on any atom is 0.338 e. The molecule has 0 radical (unpaired) electrons. The number of benzene rings is 2. The van der Waals surface area contributed by atoms with Gasteiger partial charge in [-0.05, 0) is 36.6 Å². The predicted molar refractivity (Wildman–Crippen MR) is 96.9 cm³/mol. The van der Waals surface area contributed by atoms with Gasteiger partial charge in [0.25, 0.3) is 0 Å². The molecule has 4 rings (SSSR count). The summed E-state index contributed by atoms with van der Waals surface area (Å²) in [5, 5.41) is 8.67. The van der Waals surface area contributed by atoms with Crippen LogP contribution in [-0.4, -0.2) is 30.9 Å². The van der Waals surface area contributed by atoms with Crippen molar-refractivity contribution in [2.45, 2.75) is 31.7 Å². The van der Waals surface area contributed by atoms with Gasteiger partial charge in [-0.25, -0.2) is 4.79 Å². The molecular weight excluding hydrogens is 328 g/mol. The molecule has 1 aliphatic carbocycles. The normalized spacial score (nSPS) is 23.5. The maximum atomic E-state index is 13.4. The van der Waals surface area contributed by atoms with Gasteiger partial charge in [0.15, 0.2) is 11.3 Å². The molecule has 1 aliphatic heterocycles. The van der Waals surface area contributed by atoms with Crippen LogP contribution in [0.1, 0.15) is 48.9 Å². The number of carbonyl (C=O) groups is 2. The summed E-state index contributed by atoms with van der Waals surface area (Å²) >= 11 is 0. The molecule has 0 saturated carbocycles. The van der Waals surface area contributed by atoms with E-state index in [0.29, 0.717) is 18.5 Å². The van der Waals surface area contributed by atoms with Gasteiger partial charge in [0, 0.05) is 17.9 Å². The number of hydrogen-bond donors (Lipinski definition) is 0. The molecular formula is C21H20N2O3. The van der Waals surface area contributed by atoms with Crippen molar-refractivity contribution >= 4 is 11.8 Å². The van der Waals surface area contributed by atoms with Crippen LogP contribution >= 0.6 is 0 Å². The highest BCUT2D eigenvalue weighted by Crippen LogP contribution is 2.48. The Labute approximate surface area is 152 Å². The smallest absolute Gasteiger partial charge is 0.338 e. The van der Waals surface area contributed by atoms with Crippen LogP contribution in [0.15, 0.2) is 46.6 Å². The fourth-order valence-electron chi connectivity index (χ4n) is 4.24. The highest BCUT2D eigenvalue weighted by Gasteiger charge is 2.55. The average molecular weight is 348 g/mol. The second kappa shape index (κ2) is 5.87. The van der Waals surface area contributed by atoms with Crippen molar-refractivity contribution in [3.63, 3.8) is 0 Å². The first-order valence-electron chi connectivity index (χ1n) is 8.69. The number of aryl methyl sites for hydroxylation is 2. The number of nitrogens with zero attached hydrogens (tertiary/aromatic N) is 2. The third kappa shape index (κ3) is 2.23. The molecule has 2 aromatic carbocycles. The van der Waals surface area contributed by atoms with Crippen LogP contribution in [-0.2, 0) is 11.2 Å². The Bertz CT molecular complexity index is 964. The second-order valence-electron chi connectivity index (χ2n) is 7.10. The second-order valence-corrected chi connectivity index (χ2v) is 7.10. The lowest BCUT2D eigenvalue weighted by atomic mass is 9.76. The Hall–Kier alpha value is -2.82. The van der Waals surface area contributed by atoms with Gasteiger partial charge in [0.05, 0.1) is 19.2 Å². The van der Waals surface area contributed by atoms with Crippen LogP contribution < -0.4 is 0 Å². The number of methoxy groups -OCH3 is 1. The molecule has 5 nitrogen and oxygen atoms in total. The molecule has 1 heterocycles. The summed E-state index contributed by atoms with van der Waals surface area (Å²) in [6.45, 7) is 4.27. The SMILES string of the molecule is COC(=O)c1cc(C)ccc1[C@H]1CN=N[C@@]12Cc1cccc(C)c1C2=O. The number of esters is 1. The topological polar surface area (TPSA) is 68.1 Å². The zero-order valence-corrected chi connectivity index (χ0v) is 15.1. The van der Waals surface area contributed by atoms with E-state index in [0.717, 1.165) is 27.8 Å². The Balaban J connectivity index is 1.85. The number of hydrogen-bond acceptors (Lipinski definition) is 5.